The molecule has 2 fully saturated rings. The van der Waals surface area contributed by atoms with E-state index in [1.807, 2.05) is 53.0 Å². The molecule has 7 rings (SSSR count). The van der Waals surface area contributed by atoms with Crippen LogP contribution in [0.1, 0.15) is 16.9 Å². The van der Waals surface area contributed by atoms with E-state index in [1.54, 1.807) is 22.6 Å². The molecule has 42 heavy (non-hydrogen) atoms. The van der Waals surface area contributed by atoms with Gasteiger partial charge in [-0.25, -0.2) is 14.8 Å². The van der Waals surface area contributed by atoms with Crippen LogP contribution in [0.25, 0.3) is 21.1 Å². The Bertz CT molecular complexity index is 1790. The molecule has 1 amide bonds. The highest BCUT2D eigenvalue weighted by Crippen LogP contribution is 2.31. The lowest BCUT2D eigenvalue weighted by atomic mass is 10.2. The SMILES string of the molecule is O=C(O[C@H]1CN[C@H](C#Cc2cc3ncnc(Nc4ccc5c(cnn5Cc5ccccc5)c4)c3s2)C1)N1CCSCC1. The van der Waals surface area contributed by atoms with Crippen molar-refractivity contribution in [2.45, 2.75) is 25.1 Å². The average Bonchev–Trinajstić information content (AvgIpc) is 3.76. The van der Waals surface area contributed by atoms with Crippen LogP contribution in [0.5, 0.6) is 0 Å². The lowest BCUT2D eigenvalue weighted by Crippen LogP contribution is -2.40. The summed E-state index contributed by atoms with van der Waals surface area (Å²) in [7, 11) is 0. The number of thioether (sulfide) groups is 1. The first-order valence-electron chi connectivity index (χ1n) is 14.0. The van der Waals surface area contributed by atoms with Gasteiger partial charge in [-0.15, -0.1) is 11.3 Å². The first kappa shape index (κ1) is 26.8. The molecule has 2 N–H and O–H groups in total. The minimum absolute atomic E-state index is 0.0249. The summed E-state index contributed by atoms with van der Waals surface area (Å²) >= 11 is 3.44. The Balaban J connectivity index is 1.02. The molecule has 2 saturated heterocycles. The molecule has 5 aromatic rings. The quantitative estimate of drug-likeness (QED) is 0.271. The zero-order valence-corrected chi connectivity index (χ0v) is 24.5. The predicted molar refractivity (Wildman–Crippen MR) is 168 cm³/mol. The summed E-state index contributed by atoms with van der Waals surface area (Å²) in [5, 5.41) is 12.5. The first-order chi connectivity index (χ1) is 20.7. The van der Waals surface area contributed by atoms with E-state index in [-0.39, 0.29) is 18.2 Å². The summed E-state index contributed by atoms with van der Waals surface area (Å²) in [6, 6.07) is 18.5. The van der Waals surface area contributed by atoms with Gasteiger partial charge in [0.25, 0.3) is 0 Å². The summed E-state index contributed by atoms with van der Waals surface area (Å²) in [6.45, 7) is 2.86. The molecule has 5 heterocycles. The number of anilines is 2. The minimum atomic E-state index is -0.209. The molecule has 0 saturated carbocycles. The Hall–Kier alpha value is -4.11. The molecule has 2 aliphatic rings. The normalized spacial score (nSPS) is 18.6. The van der Waals surface area contributed by atoms with Crippen LogP contribution in [-0.4, -0.2) is 74.0 Å². The molecular weight excluding hydrogens is 567 g/mol. The number of benzene rings is 2. The summed E-state index contributed by atoms with van der Waals surface area (Å²) in [5.41, 5.74) is 4.07. The second-order valence-electron chi connectivity index (χ2n) is 10.3. The van der Waals surface area contributed by atoms with E-state index < -0.39 is 0 Å². The fourth-order valence-electron chi connectivity index (χ4n) is 5.21. The van der Waals surface area contributed by atoms with Crippen LogP contribution in [0.2, 0.25) is 0 Å². The third-order valence-electron chi connectivity index (χ3n) is 7.39. The van der Waals surface area contributed by atoms with Crippen LogP contribution in [0.4, 0.5) is 16.3 Å². The van der Waals surface area contributed by atoms with E-state index in [4.69, 9.17) is 4.74 Å². The third-order valence-corrected chi connectivity index (χ3v) is 9.38. The summed E-state index contributed by atoms with van der Waals surface area (Å²) < 4.78 is 8.69. The van der Waals surface area contributed by atoms with Crippen LogP contribution >= 0.6 is 23.1 Å². The van der Waals surface area contributed by atoms with Crippen LogP contribution in [0, 0.1) is 11.8 Å². The number of carbonyl (C=O) groups excluding carboxylic acids is 1. The van der Waals surface area contributed by atoms with Crippen molar-refractivity contribution in [1.29, 1.82) is 0 Å². The number of hydrogen-bond donors (Lipinski definition) is 2. The maximum absolute atomic E-state index is 12.4. The zero-order valence-electron chi connectivity index (χ0n) is 22.8. The number of nitrogens with zero attached hydrogens (tertiary/aromatic N) is 5. The molecule has 9 nitrogen and oxygen atoms in total. The molecule has 0 aliphatic carbocycles. The van der Waals surface area contributed by atoms with Gasteiger partial charge in [0.1, 0.15) is 12.4 Å². The van der Waals surface area contributed by atoms with E-state index in [2.05, 4.69) is 61.8 Å². The van der Waals surface area contributed by atoms with E-state index in [1.165, 1.54) is 5.56 Å². The monoisotopic (exact) mass is 595 g/mol. The Kier molecular flexibility index (Phi) is 7.66. The van der Waals surface area contributed by atoms with Gasteiger partial charge in [0.2, 0.25) is 0 Å². The molecule has 0 unspecified atom stereocenters. The molecule has 0 spiro atoms. The van der Waals surface area contributed by atoms with Gasteiger partial charge < -0.3 is 15.0 Å². The number of nitrogens with one attached hydrogen (secondary N) is 2. The van der Waals surface area contributed by atoms with Crippen molar-refractivity contribution in [2.75, 3.05) is 36.5 Å². The van der Waals surface area contributed by atoms with Gasteiger partial charge in [-0.2, -0.15) is 16.9 Å². The second-order valence-corrected chi connectivity index (χ2v) is 12.6. The molecule has 0 radical (unpaired) electrons. The van der Waals surface area contributed by atoms with Crippen LogP contribution in [0.15, 0.2) is 67.1 Å². The number of fused-ring (bicyclic) bond motifs is 2. The Morgan fingerprint density at radius 1 is 1.12 bits per heavy atom. The van der Waals surface area contributed by atoms with Crippen molar-refractivity contribution < 1.29 is 9.53 Å². The van der Waals surface area contributed by atoms with Gasteiger partial charge in [-0.3, -0.25) is 10.00 Å². The highest BCUT2D eigenvalue weighted by Gasteiger charge is 2.28. The second kappa shape index (κ2) is 12.0. The van der Waals surface area contributed by atoms with Gasteiger partial charge in [0.15, 0.2) is 5.82 Å². The highest BCUT2D eigenvalue weighted by molar-refractivity contribution is 7.99. The number of aromatic nitrogens is 4. The molecule has 212 valence electrons. The van der Waals surface area contributed by atoms with E-state index >= 15 is 0 Å². The van der Waals surface area contributed by atoms with Gasteiger partial charge in [-0.05, 0) is 29.8 Å². The van der Waals surface area contributed by atoms with Crippen molar-refractivity contribution in [3.8, 4) is 11.8 Å². The van der Waals surface area contributed by atoms with Gasteiger partial charge >= 0.3 is 6.09 Å². The number of ether oxygens (including phenoxy) is 1. The van der Waals surface area contributed by atoms with Crippen molar-refractivity contribution in [1.82, 2.24) is 30.0 Å². The minimum Gasteiger partial charge on any atom is -0.445 e. The number of rotatable bonds is 5. The van der Waals surface area contributed by atoms with Gasteiger partial charge in [0, 0.05) is 48.6 Å². The molecule has 11 heteroatoms. The zero-order chi connectivity index (χ0) is 28.3. The lowest BCUT2D eigenvalue weighted by molar-refractivity contribution is 0.0727. The molecule has 2 aromatic carbocycles. The Morgan fingerprint density at radius 2 is 2.00 bits per heavy atom. The summed E-state index contributed by atoms with van der Waals surface area (Å²) in [5.74, 6) is 9.30. The van der Waals surface area contributed by atoms with E-state index in [0.717, 1.165) is 68.6 Å². The number of thiophene rings is 1. The highest BCUT2D eigenvalue weighted by atomic mass is 32.2. The largest absolute Gasteiger partial charge is 0.445 e. The van der Waals surface area contributed by atoms with Crippen molar-refractivity contribution in [3.63, 3.8) is 0 Å². The topological polar surface area (TPSA) is 97.2 Å². The Labute approximate surface area is 251 Å². The van der Waals surface area contributed by atoms with Gasteiger partial charge in [-0.1, -0.05) is 42.2 Å². The maximum atomic E-state index is 12.4. The summed E-state index contributed by atoms with van der Waals surface area (Å²) in [6.07, 6.45) is 3.79. The maximum Gasteiger partial charge on any atom is 0.410 e. The van der Waals surface area contributed by atoms with Crippen molar-refractivity contribution in [2.24, 2.45) is 0 Å². The van der Waals surface area contributed by atoms with Crippen molar-refractivity contribution >= 4 is 61.8 Å². The van der Waals surface area contributed by atoms with Gasteiger partial charge in [0.05, 0.1) is 39.4 Å². The summed E-state index contributed by atoms with van der Waals surface area (Å²) in [4.78, 5) is 24.2. The Morgan fingerprint density at radius 3 is 2.88 bits per heavy atom. The van der Waals surface area contributed by atoms with Crippen LogP contribution in [-0.2, 0) is 11.3 Å². The average molecular weight is 596 g/mol. The lowest BCUT2D eigenvalue weighted by Gasteiger charge is -2.26. The number of amides is 1. The standard InChI is InChI=1S/C31H29N7O2S2/c39-31(37-10-12-41-13-11-37)40-25-15-23(32-18-25)6-8-26-16-27-29(42-26)30(34-20-33-27)36-24-7-9-28-22(14-24)17-35-38(28)19-21-4-2-1-3-5-21/h1-5,7,9,14,16-17,20,23,25,32H,10-13,15,18-19H2,(H,33,34,36)/t23-,25-/m1/s1. The predicted octanol–water partition coefficient (Wildman–Crippen LogP) is 5.10. The fraction of sp³-hybridized carbons (Fsp3) is 0.290. The first-order valence-corrected chi connectivity index (χ1v) is 15.9. The van der Waals surface area contributed by atoms with E-state index in [0.29, 0.717) is 13.0 Å². The van der Waals surface area contributed by atoms with E-state index in [9.17, 15) is 4.79 Å². The molecule has 2 aliphatic heterocycles. The molecular formula is C31H29N7O2S2. The van der Waals surface area contributed by atoms with Crippen LogP contribution in [0.3, 0.4) is 0 Å². The third kappa shape index (κ3) is 5.92. The number of hydrogen-bond acceptors (Lipinski definition) is 9. The van der Waals surface area contributed by atoms with Crippen molar-refractivity contribution in [3.05, 3.63) is 77.6 Å². The molecule has 3 aromatic heterocycles. The smallest absolute Gasteiger partial charge is 0.410 e. The molecule has 2 atom stereocenters. The molecule has 0 bridgehead atoms. The number of carbonyl (C=O) groups is 1. The fourth-order valence-corrected chi connectivity index (χ4v) is 7.03. The van der Waals surface area contributed by atoms with Crippen LogP contribution < -0.4 is 10.6 Å².